The molecule has 1 aromatic carbocycles. The van der Waals surface area contributed by atoms with Crippen LogP contribution in [0.2, 0.25) is 0 Å². The van der Waals surface area contributed by atoms with Gasteiger partial charge in [0.25, 0.3) is 5.91 Å². The number of nitrogens with zero attached hydrogens (tertiary/aromatic N) is 4. The molecule has 0 radical (unpaired) electrons. The summed E-state index contributed by atoms with van der Waals surface area (Å²) in [6.45, 7) is 8.26. The summed E-state index contributed by atoms with van der Waals surface area (Å²) in [7, 11) is 0. The van der Waals surface area contributed by atoms with E-state index in [2.05, 4.69) is 22.2 Å². The standard InChI is InChI=1S/C24H33N5O2/c1-18-16-22-28(23(30)11-15-29(22)26-18)17-20-7-9-21(10-8-20)24(31)25-12-5-14-27-13-4-3-6-19(27)2/h7-10,16,19H,3-6,11-15,17H2,1-2H3,(H,25,31). The van der Waals surface area contributed by atoms with Crippen molar-refractivity contribution in [3.8, 4) is 0 Å². The number of aryl methyl sites for hydroxylation is 2. The molecule has 2 aliphatic rings. The number of rotatable bonds is 7. The Balaban J connectivity index is 1.28. The van der Waals surface area contributed by atoms with Crippen molar-refractivity contribution in [3.63, 3.8) is 0 Å². The van der Waals surface area contributed by atoms with Crippen molar-refractivity contribution in [2.75, 3.05) is 24.5 Å². The van der Waals surface area contributed by atoms with Crippen molar-refractivity contribution < 1.29 is 9.59 Å². The van der Waals surface area contributed by atoms with Gasteiger partial charge in [0, 0.05) is 37.2 Å². The molecule has 31 heavy (non-hydrogen) atoms. The first kappa shape index (κ1) is 21.6. The van der Waals surface area contributed by atoms with E-state index in [1.54, 1.807) is 4.90 Å². The second-order valence-electron chi connectivity index (χ2n) is 8.78. The molecular formula is C24H33N5O2. The van der Waals surface area contributed by atoms with Crippen LogP contribution in [0.5, 0.6) is 0 Å². The molecule has 2 amide bonds. The van der Waals surface area contributed by atoms with Gasteiger partial charge in [-0.15, -0.1) is 0 Å². The average molecular weight is 424 g/mol. The van der Waals surface area contributed by atoms with Gasteiger partial charge in [0.1, 0.15) is 5.82 Å². The molecule has 166 valence electrons. The highest BCUT2D eigenvalue weighted by Crippen LogP contribution is 2.24. The Hall–Kier alpha value is -2.67. The van der Waals surface area contributed by atoms with Gasteiger partial charge in [-0.25, -0.2) is 4.68 Å². The zero-order valence-corrected chi connectivity index (χ0v) is 18.6. The average Bonchev–Trinajstić information content (AvgIpc) is 3.15. The number of fused-ring (bicyclic) bond motifs is 1. The van der Waals surface area contributed by atoms with Crippen molar-refractivity contribution >= 4 is 17.6 Å². The van der Waals surface area contributed by atoms with Crippen molar-refractivity contribution in [2.24, 2.45) is 0 Å². The summed E-state index contributed by atoms with van der Waals surface area (Å²) in [5.74, 6) is 0.914. The van der Waals surface area contributed by atoms with E-state index >= 15 is 0 Å². The van der Waals surface area contributed by atoms with Gasteiger partial charge in [-0.3, -0.25) is 14.5 Å². The van der Waals surface area contributed by atoms with Crippen LogP contribution in [0.3, 0.4) is 0 Å². The lowest BCUT2D eigenvalue weighted by Gasteiger charge is -2.33. The molecule has 7 nitrogen and oxygen atoms in total. The van der Waals surface area contributed by atoms with Gasteiger partial charge >= 0.3 is 0 Å². The van der Waals surface area contributed by atoms with E-state index in [0.29, 0.717) is 37.7 Å². The van der Waals surface area contributed by atoms with E-state index in [1.165, 1.54) is 25.8 Å². The number of benzene rings is 1. The summed E-state index contributed by atoms with van der Waals surface area (Å²) >= 11 is 0. The van der Waals surface area contributed by atoms with E-state index in [4.69, 9.17) is 0 Å². The van der Waals surface area contributed by atoms with Gasteiger partial charge in [-0.1, -0.05) is 18.6 Å². The van der Waals surface area contributed by atoms with Gasteiger partial charge in [0.05, 0.1) is 18.8 Å². The molecule has 1 aromatic heterocycles. The van der Waals surface area contributed by atoms with Crippen LogP contribution in [0.25, 0.3) is 0 Å². The summed E-state index contributed by atoms with van der Waals surface area (Å²) in [5.41, 5.74) is 2.56. The monoisotopic (exact) mass is 423 g/mol. The number of nitrogens with one attached hydrogen (secondary N) is 1. The van der Waals surface area contributed by atoms with Gasteiger partial charge in [-0.2, -0.15) is 5.10 Å². The Labute approximate surface area is 184 Å². The summed E-state index contributed by atoms with van der Waals surface area (Å²) in [6, 6.07) is 10.2. The highest BCUT2D eigenvalue weighted by atomic mass is 16.2. The van der Waals surface area contributed by atoms with Crippen LogP contribution >= 0.6 is 0 Å². The van der Waals surface area contributed by atoms with Gasteiger partial charge < -0.3 is 10.2 Å². The van der Waals surface area contributed by atoms with Crippen LogP contribution in [0.15, 0.2) is 30.3 Å². The highest BCUT2D eigenvalue weighted by molar-refractivity contribution is 5.95. The van der Waals surface area contributed by atoms with Crippen LogP contribution in [0, 0.1) is 6.92 Å². The lowest BCUT2D eigenvalue weighted by molar-refractivity contribution is -0.119. The lowest BCUT2D eigenvalue weighted by atomic mass is 10.0. The topological polar surface area (TPSA) is 70.5 Å². The number of hydrogen-bond acceptors (Lipinski definition) is 4. The molecule has 1 atom stereocenters. The van der Waals surface area contributed by atoms with E-state index in [-0.39, 0.29) is 11.8 Å². The van der Waals surface area contributed by atoms with Crippen LogP contribution in [0.1, 0.15) is 60.6 Å². The minimum absolute atomic E-state index is 0.0407. The smallest absolute Gasteiger partial charge is 0.251 e. The van der Waals surface area contributed by atoms with Crippen molar-refractivity contribution in [3.05, 3.63) is 47.2 Å². The minimum atomic E-state index is -0.0407. The van der Waals surface area contributed by atoms with Gasteiger partial charge in [0.15, 0.2) is 0 Å². The predicted molar refractivity (Wildman–Crippen MR) is 121 cm³/mol. The normalized spacial score (nSPS) is 19.4. The summed E-state index contributed by atoms with van der Waals surface area (Å²) in [5, 5.41) is 7.49. The summed E-state index contributed by atoms with van der Waals surface area (Å²) in [4.78, 5) is 29.2. The number of carbonyl (C=O) groups excluding carboxylic acids is 2. The van der Waals surface area contributed by atoms with Crippen LogP contribution < -0.4 is 10.2 Å². The zero-order valence-electron chi connectivity index (χ0n) is 18.6. The quantitative estimate of drug-likeness (QED) is 0.695. The maximum Gasteiger partial charge on any atom is 0.251 e. The first-order valence-electron chi connectivity index (χ1n) is 11.5. The fourth-order valence-corrected chi connectivity index (χ4v) is 4.57. The van der Waals surface area contributed by atoms with E-state index in [9.17, 15) is 9.59 Å². The van der Waals surface area contributed by atoms with Gasteiger partial charge in [-0.05, 0) is 57.4 Å². The molecule has 1 saturated heterocycles. The number of hydrogen-bond donors (Lipinski definition) is 1. The summed E-state index contributed by atoms with van der Waals surface area (Å²) in [6.07, 6.45) is 5.33. The molecule has 0 aliphatic carbocycles. The molecule has 0 spiro atoms. The first-order valence-corrected chi connectivity index (χ1v) is 11.5. The molecule has 3 heterocycles. The fraction of sp³-hybridized carbons (Fsp3) is 0.542. The summed E-state index contributed by atoms with van der Waals surface area (Å²) < 4.78 is 1.89. The predicted octanol–water partition coefficient (Wildman–Crippen LogP) is 3.12. The van der Waals surface area contributed by atoms with E-state index in [0.717, 1.165) is 30.0 Å². The van der Waals surface area contributed by atoms with Gasteiger partial charge in [0.2, 0.25) is 5.91 Å². The number of amides is 2. The third-order valence-corrected chi connectivity index (χ3v) is 6.40. The third kappa shape index (κ3) is 5.15. The molecule has 2 aromatic rings. The Morgan fingerprint density at radius 2 is 2.00 bits per heavy atom. The third-order valence-electron chi connectivity index (χ3n) is 6.40. The molecule has 4 rings (SSSR count). The Bertz CT molecular complexity index is 921. The molecule has 1 unspecified atom stereocenters. The van der Waals surface area contributed by atoms with E-state index < -0.39 is 0 Å². The molecular weight excluding hydrogens is 390 g/mol. The number of likely N-dealkylation sites (tertiary alicyclic amines) is 1. The highest BCUT2D eigenvalue weighted by Gasteiger charge is 2.25. The number of piperidine rings is 1. The van der Waals surface area contributed by atoms with Crippen LogP contribution in [0.4, 0.5) is 5.82 Å². The number of aromatic nitrogens is 2. The minimum Gasteiger partial charge on any atom is -0.352 e. The fourth-order valence-electron chi connectivity index (χ4n) is 4.57. The molecule has 0 saturated carbocycles. The second-order valence-corrected chi connectivity index (χ2v) is 8.78. The van der Waals surface area contributed by atoms with E-state index in [1.807, 2.05) is 41.9 Å². The maximum atomic E-state index is 12.5. The molecule has 7 heteroatoms. The largest absolute Gasteiger partial charge is 0.352 e. The number of carbonyl (C=O) groups is 2. The van der Waals surface area contributed by atoms with Crippen molar-refractivity contribution in [2.45, 2.75) is 65.1 Å². The Morgan fingerprint density at radius 1 is 1.19 bits per heavy atom. The maximum absolute atomic E-state index is 12.5. The molecule has 0 bridgehead atoms. The lowest BCUT2D eigenvalue weighted by Crippen LogP contribution is -2.39. The molecule has 2 aliphatic heterocycles. The van der Waals surface area contributed by atoms with Crippen molar-refractivity contribution in [1.82, 2.24) is 20.0 Å². The Morgan fingerprint density at radius 3 is 2.77 bits per heavy atom. The first-order chi connectivity index (χ1) is 15.0. The molecule has 1 N–H and O–H groups in total. The van der Waals surface area contributed by atoms with Crippen LogP contribution in [-0.4, -0.2) is 52.2 Å². The Kier molecular flexibility index (Phi) is 6.70. The second kappa shape index (κ2) is 9.64. The zero-order chi connectivity index (χ0) is 21.8. The molecule has 1 fully saturated rings. The SMILES string of the molecule is Cc1cc2n(n1)CCC(=O)N2Cc1ccc(C(=O)NCCCN2CCCCC2C)cc1. The number of anilines is 1. The van der Waals surface area contributed by atoms with Crippen molar-refractivity contribution in [1.29, 1.82) is 0 Å². The van der Waals surface area contributed by atoms with Crippen LogP contribution in [-0.2, 0) is 17.9 Å².